The van der Waals surface area contributed by atoms with Crippen LogP contribution in [-0.4, -0.2) is 0 Å². The molecule has 0 unspecified atom stereocenters. The molecule has 0 radical (unpaired) electrons. The minimum atomic E-state index is 1.12. The Bertz CT molecular complexity index is 3540. The van der Waals surface area contributed by atoms with E-state index in [1.807, 2.05) is 22.7 Å². The minimum absolute atomic E-state index is 1.12. The van der Waals surface area contributed by atoms with Crippen molar-refractivity contribution in [3.63, 3.8) is 0 Å². The van der Waals surface area contributed by atoms with Gasteiger partial charge in [-0.2, -0.15) is 0 Å². The number of anilines is 3. The standard InChI is InChI=1S/C56H35NS2/c1-2-11-37(12-3-1)46-17-8-18-47-48-19-9-20-51(56(48)59-55(46)47)57(43-33-29-39(30-34-43)45-16-10-22-53-54(45)49-15-6-7-21-52(49)58-53)42-31-27-36(28-32-42)41-26-25-40-24-23-38-13-4-5-14-44(38)50(40)35-41/h1-35H. The van der Waals surface area contributed by atoms with Gasteiger partial charge in [0.1, 0.15) is 0 Å². The second-order valence-electron chi connectivity index (χ2n) is 15.2. The fraction of sp³-hybridized carbons (Fsp3) is 0. The topological polar surface area (TPSA) is 3.24 Å². The van der Waals surface area contributed by atoms with Crippen molar-refractivity contribution in [1.82, 2.24) is 0 Å². The summed E-state index contributed by atoms with van der Waals surface area (Å²) in [5.74, 6) is 0. The molecular formula is C56H35NS2. The summed E-state index contributed by atoms with van der Waals surface area (Å²) >= 11 is 3.76. The molecule has 0 saturated heterocycles. The summed E-state index contributed by atoms with van der Waals surface area (Å²) in [6.45, 7) is 0. The van der Waals surface area contributed by atoms with Gasteiger partial charge >= 0.3 is 0 Å². The molecule has 2 aromatic heterocycles. The van der Waals surface area contributed by atoms with Gasteiger partial charge in [-0.1, -0.05) is 164 Å². The highest BCUT2D eigenvalue weighted by Gasteiger charge is 2.20. The van der Waals surface area contributed by atoms with Crippen LogP contribution in [0.2, 0.25) is 0 Å². The van der Waals surface area contributed by atoms with Crippen molar-refractivity contribution in [2.24, 2.45) is 0 Å². The van der Waals surface area contributed by atoms with Crippen LogP contribution in [0, 0.1) is 0 Å². The number of benzene rings is 10. The van der Waals surface area contributed by atoms with E-state index in [2.05, 4.69) is 217 Å². The van der Waals surface area contributed by atoms with Crippen molar-refractivity contribution >= 4 is 102 Å². The van der Waals surface area contributed by atoms with Crippen LogP contribution in [0.25, 0.3) is 95.3 Å². The number of hydrogen-bond donors (Lipinski definition) is 0. The highest BCUT2D eigenvalue weighted by atomic mass is 32.1. The zero-order chi connectivity index (χ0) is 38.9. The summed E-state index contributed by atoms with van der Waals surface area (Å²) < 4.78 is 5.23. The largest absolute Gasteiger partial charge is 0.309 e. The normalized spacial score (nSPS) is 11.7. The van der Waals surface area contributed by atoms with Crippen molar-refractivity contribution in [3.8, 4) is 33.4 Å². The average molecular weight is 786 g/mol. The lowest BCUT2D eigenvalue weighted by Crippen LogP contribution is -2.10. The molecule has 12 aromatic rings. The van der Waals surface area contributed by atoms with E-state index in [-0.39, 0.29) is 0 Å². The van der Waals surface area contributed by atoms with Gasteiger partial charge in [0, 0.05) is 47.0 Å². The van der Waals surface area contributed by atoms with E-state index in [1.165, 1.54) is 101 Å². The Morgan fingerprint density at radius 2 is 0.864 bits per heavy atom. The first-order valence-electron chi connectivity index (χ1n) is 20.1. The Morgan fingerprint density at radius 3 is 1.68 bits per heavy atom. The summed E-state index contributed by atoms with van der Waals surface area (Å²) in [6, 6.07) is 78.1. The summed E-state index contributed by atoms with van der Waals surface area (Å²) in [4.78, 5) is 2.45. The van der Waals surface area contributed by atoms with Crippen molar-refractivity contribution in [1.29, 1.82) is 0 Å². The van der Waals surface area contributed by atoms with E-state index in [4.69, 9.17) is 0 Å². The van der Waals surface area contributed by atoms with Crippen LogP contribution in [0.15, 0.2) is 212 Å². The summed E-state index contributed by atoms with van der Waals surface area (Å²) in [7, 11) is 0. The van der Waals surface area contributed by atoms with Crippen molar-refractivity contribution in [2.75, 3.05) is 4.90 Å². The molecule has 2 heterocycles. The van der Waals surface area contributed by atoms with Crippen LogP contribution in [0.3, 0.4) is 0 Å². The molecule has 0 aliphatic carbocycles. The summed E-state index contributed by atoms with van der Waals surface area (Å²) in [5, 5.41) is 10.3. The number of nitrogens with zero attached hydrogens (tertiary/aromatic N) is 1. The first-order chi connectivity index (χ1) is 29.2. The van der Waals surface area contributed by atoms with Crippen LogP contribution < -0.4 is 4.90 Å². The fourth-order valence-electron chi connectivity index (χ4n) is 9.04. The van der Waals surface area contributed by atoms with Crippen LogP contribution in [0.4, 0.5) is 17.1 Å². The van der Waals surface area contributed by atoms with Crippen LogP contribution in [0.1, 0.15) is 0 Å². The van der Waals surface area contributed by atoms with Gasteiger partial charge in [0.05, 0.1) is 10.4 Å². The summed E-state index contributed by atoms with van der Waals surface area (Å²) in [6.07, 6.45) is 0. The average Bonchev–Trinajstić information content (AvgIpc) is 3.89. The zero-order valence-corrected chi connectivity index (χ0v) is 33.6. The quantitative estimate of drug-likeness (QED) is 0.152. The molecule has 0 amide bonds. The van der Waals surface area contributed by atoms with Crippen molar-refractivity contribution < 1.29 is 0 Å². The molecule has 12 rings (SSSR count). The van der Waals surface area contributed by atoms with Gasteiger partial charge in [-0.3, -0.25) is 0 Å². The molecule has 0 bridgehead atoms. The van der Waals surface area contributed by atoms with Gasteiger partial charge in [0.2, 0.25) is 0 Å². The van der Waals surface area contributed by atoms with Crippen LogP contribution in [0.5, 0.6) is 0 Å². The van der Waals surface area contributed by atoms with Gasteiger partial charge in [-0.05, 0) is 103 Å². The monoisotopic (exact) mass is 785 g/mol. The molecule has 10 aromatic carbocycles. The maximum absolute atomic E-state index is 2.45. The van der Waals surface area contributed by atoms with E-state index in [1.54, 1.807) is 0 Å². The van der Waals surface area contributed by atoms with E-state index in [9.17, 15) is 0 Å². The van der Waals surface area contributed by atoms with Crippen LogP contribution >= 0.6 is 22.7 Å². The molecule has 0 N–H and O–H groups in total. The molecule has 0 atom stereocenters. The minimum Gasteiger partial charge on any atom is -0.309 e. The van der Waals surface area contributed by atoms with Gasteiger partial charge in [0.15, 0.2) is 0 Å². The lowest BCUT2D eigenvalue weighted by Gasteiger charge is -2.26. The molecule has 0 spiro atoms. The second kappa shape index (κ2) is 13.8. The Hall–Kier alpha value is -7.04. The molecular weight excluding hydrogens is 751 g/mol. The Morgan fingerprint density at radius 1 is 0.305 bits per heavy atom. The zero-order valence-electron chi connectivity index (χ0n) is 32.0. The molecule has 0 fully saturated rings. The first kappa shape index (κ1) is 34.0. The van der Waals surface area contributed by atoms with Gasteiger partial charge in [-0.25, -0.2) is 0 Å². The lowest BCUT2D eigenvalue weighted by atomic mass is 9.97. The third-order valence-corrected chi connectivity index (χ3v) is 14.3. The maximum atomic E-state index is 2.45. The van der Waals surface area contributed by atoms with E-state index in [0.29, 0.717) is 0 Å². The molecule has 1 nitrogen and oxygen atoms in total. The lowest BCUT2D eigenvalue weighted by molar-refractivity contribution is 1.30. The smallest absolute Gasteiger partial charge is 0.0640 e. The highest BCUT2D eigenvalue weighted by Crippen LogP contribution is 2.48. The third kappa shape index (κ3) is 5.66. The predicted molar refractivity (Wildman–Crippen MR) is 258 cm³/mol. The van der Waals surface area contributed by atoms with Gasteiger partial charge < -0.3 is 4.90 Å². The van der Waals surface area contributed by atoms with Gasteiger partial charge in [-0.15, -0.1) is 22.7 Å². The molecule has 0 saturated carbocycles. The molecule has 0 aliphatic rings. The molecule has 276 valence electrons. The number of thiophene rings is 2. The predicted octanol–water partition coefficient (Wildman–Crippen LogP) is 17.2. The first-order valence-corrected chi connectivity index (χ1v) is 21.7. The van der Waals surface area contributed by atoms with Crippen molar-refractivity contribution in [2.45, 2.75) is 0 Å². The highest BCUT2D eigenvalue weighted by molar-refractivity contribution is 7.27. The molecule has 0 aliphatic heterocycles. The molecule has 59 heavy (non-hydrogen) atoms. The number of hydrogen-bond acceptors (Lipinski definition) is 3. The Kier molecular flexibility index (Phi) is 7.97. The van der Waals surface area contributed by atoms with Crippen molar-refractivity contribution in [3.05, 3.63) is 212 Å². The maximum Gasteiger partial charge on any atom is 0.0640 e. The second-order valence-corrected chi connectivity index (χ2v) is 17.3. The number of fused-ring (bicyclic) bond motifs is 9. The SMILES string of the molecule is c1ccc(-c2cccc3c2sc2c(N(c4ccc(-c5ccc6ccc7ccccc7c6c5)cc4)c4ccc(-c5cccc6sc7ccccc7c56)cc4)cccc23)cc1. The summed E-state index contributed by atoms with van der Waals surface area (Å²) in [5.41, 5.74) is 10.8. The van der Waals surface area contributed by atoms with E-state index < -0.39 is 0 Å². The van der Waals surface area contributed by atoms with E-state index in [0.717, 1.165) is 11.4 Å². The van der Waals surface area contributed by atoms with E-state index >= 15 is 0 Å². The van der Waals surface area contributed by atoms with Gasteiger partial charge in [0.25, 0.3) is 0 Å². The Balaban J connectivity index is 1.01. The molecule has 3 heteroatoms. The number of rotatable bonds is 6. The fourth-order valence-corrected chi connectivity index (χ4v) is 11.5. The Labute approximate surface area is 350 Å². The van der Waals surface area contributed by atoms with Crippen LogP contribution in [-0.2, 0) is 0 Å². The third-order valence-electron chi connectivity index (χ3n) is 11.9.